The first-order chi connectivity index (χ1) is 10.1. The summed E-state index contributed by atoms with van der Waals surface area (Å²) in [6.07, 6.45) is 1.31. The number of nitrogens with zero attached hydrogens (tertiary/aromatic N) is 2. The fourth-order valence-corrected chi connectivity index (χ4v) is 2.09. The molecule has 0 bridgehead atoms. The first-order valence-electron chi connectivity index (χ1n) is 6.78. The summed E-state index contributed by atoms with van der Waals surface area (Å²) in [4.78, 5) is 24.4. The van der Waals surface area contributed by atoms with E-state index in [0.717, 1.165) is 10.6 Å². The van der Waals surface area contributed by atoms with Crippen LogP contribution in [0, 0.1) is 11.3 Å². The molecule has 21 heavy (non-hydrogen) atoms. The largest absolute Gasteiger partial charge is 0.493 e. The molecule has 2 amide bonds. The third kappa shape index (κ3) is 3.72. The quantitative estimate of drug-likeness (QED) is 0.634. The van der Waals surface area contributed by atoms with Gasteiger partial charge in [0.1, 0.15) is 11.8 Å². The van der Waals surface area contributed by atoms with E-state index in [1.165, 1.54) is 7.05 Å². The Balaban J connectivity index is 1.94. The molecule has 1 saturated heterocycles. The lowest BCUT2D eigenvalue weighted by Crippen LogP contribution is -2.31. The van der Waals surface area contributed by atoms with Crippen LogP contribution in [-0.4, -0.2) is 36.4 Å². The minimum Gasteiger partial charge on any atom is -0.493 e. The monoisotopic (exact) mass is 287 g/mol. The van der Waals surface area contributed by atoms with Crippen LogP contribution in [0.15, 0.2) is 24.3 Å². The van der Waals surface area contributed by atoms with Crippen LogP contribution in [0.1, 0.15) is 19.3 Å². The molecule has 2 rings (SSSR count). The zero-order valence-electron chi connectivity index (χ0n) is 11.8. The highest BCUT2D eigenvalue weighted by Gasteiger charge is 2.35. The van der Waals surface area contributed by atoms with Gasteiger partial charge in [-0.25, -0.2) is 0 Å². The van der Waals surface area contributed by atoms with Crippen LogP contribution in [-0.2, 0) is 9.59 Å². The number of carbonyl (C=O) groups is 2. The molecule has 6 heteroatoms. The average Bonchev–Trinajstić information content (AvgIpc) is 2.72. The van der Waals surface area contributed by atoms with Gasteiger partial charge in [0.25, 0.3) is 5.91 Å². The lowest BCUT2D eigenvalue weighted by molar-refractivity contribution is -0.136. The molecule has 1 fully saturated rings. The molecule has 0 radical (unpaired) electrons. The normalized spacial score (nSPS) is 17.7. The van der Waals surface area contributed by atoms with Gasteiger partial charge in [0.2, 0.25) is 5.91 Å². The second-order valence-corrected chi connectivity index (χ2v) is 4.83. The van der Waals surface area contributed by atoms with Crippen molar-refractivity contribution in [2.45, 2.75) is 25.3 Å². The van der Waals surface area contributed by atoms with Gasteiger partial charge in [-0.05, 0) is 18.6 Å². The number of benzene rings is 1. The summed E-state index contributed by atoms with van der Waals surface area (Å²) in [5, 5.41) is 11.5. The summed E-state index contributed by atoms with van der Waals surface area (Å²) in [7, 11) is 1.49. The van der Waals surface area contributed by atoms with Crippen LogP contribution in [0.3, 0.4) is 0 Å². The zero-order valence-corrected chi connectivity index (χ0v) is 11.8. The number of hydrogen-bond donors (Lipinski definition) is 1. The molecule has 1 heterocycles. The van der Waals surface area contributed by atoms with Crippen molar-refractivity contribution >= 4 is 17.5 Å². The summed E-state index contributed by atoms with van der Waals surface area (Å²) < 4.78 is 5.53. The Morgan fingerprint density at radius 3 is 2.95 bits per heavy atom. The molecule has 0 aliphatic carbocycles. The summed E-state index contributed by atoms with van der Waals surface area (Å²) in [6, 6.07) is 8.76. The Hall–Kier alpha value is -2.55. The molecule has 1 aromatic carbocycles. The van der Waals surface area contributed by atoms with Gasteiger partial charge in [-0.1, -0.05) is 6.07 Å². The highest BCUT2D eigenvalue weighted by Crippen LogP contribution is 2.21. The maximum absolute atomic E-state index is 11.8. The van der Waals surface area contributed by atoms with Gasteiger partial charge >= 0.3 is 0 Å². The van der Waals surface area contributed by atoms with Crippen molar-refractivity contribution in [1.82, 2.24) is 4.90 Å². The number of likely N-dealkylation sites (N-methyl/N-ethyl adjacent to an activating group) is 1. The molecule has 1 unspecified atom stereocenters. The zero-order chi connectivity index (χ0) is 15.2. The van der Waals surface area contributed by atoms with E-state index in [9.17, 15) is 9.59 Å². The first-order valence-corrected chi connectivity index (χ1v) is 6.78. The van der Waals surface area contributed by atoms with Gasteiger partial charge < -0.3 is 10.1 Å². The molecule has 1 N–H and O–H groups in total. The molecular formula is C15H17N3O3. The van der Waals surface area contributed by atoms with E-state index in [0.29, 0.717) is 25.2 Å². The lowest BCUT2D eigenvalue weighted by atomic mass is 10.2. The predicted octanol–water partition coefficient (Wildman–Crippen LogP) is 1.54. The molecule has 1 atom stereocenters. The number of likely N-dealkylation sites (tertiary alicyclic amines) is 1. The molecular weight excluding hydrogens is 270 g/mol. The molecule has 0 saturated carbocycles. The van der Waals surface area contributed by atoms with Crippen LogP contribution >= 0.6 is 0 Å². The topological polar surface area (TPSA) is 82.4 Å². The highest BCUT2D eigenvalue weighted by molar-refractivity contribution is 6.06. The molecule has 110 valence electrons. The third-order valence-corrected chi connectivity index (χ3v) is 3.26. The van der Waals surface area contributed by atoms with Crippen molar-refractivity contribution in [2.24, 2.45) is 0 Å². The van der Waals surface area contributed by atoms with Gasteiger partial charge in [-0.15, -0.1) is 0 Å². The fourth-order valence-electron chi connectivity index (χ4n) is 2.09. The van der Waals surface area contributed by atoms with E-state index in [-0.39, 0.29) is 18.2 Å². The van der Waals surface area contributed by atoms with Crippen LogP contribution in [0.25, 0.3) is 0 Å². The van der Waals surface area contributed by atoms with E-state index >= 15 is 0 Å². The van der Waals surface area contributed by atoms with Crippen molar-refractivity contribution in [1.29, 1.82) is 5.26 Å². The van der Waals surface area contributed by atoms with Crippen molar-refractivity contribution in [2.75, 3.05) is 19.0 Å². The highest BCUT2D eigenvalue weighted by atomic mass is 16.5. The molecule has 1 aromatic rings. The number of rotatable bonds is 6. The van der Waals surface area contributed by atoms with Gasteiger partial charge in [0.05, 0.1) is 19.1 Å². The van der Waals surface area contributed by atoms with Crippen LogP contribution in [0.2, 0.25) is 0 Å². The maximum Gasteiger partial charge on any atom is 0.251 e. The SMILES string of the molecule is CN1C(=O)CC(Nc2cccc(OCCCC#N)c2)C1=O. The number of amides is 2. The predicted molar refractivity (Wildman–Crippen MR) is 76.6 cm³/mol. The number of imide groups is 1. The standard InChI is InChI=1S/C15H17N3O3/c1-18-14(19)10-13(15(18)20)17-11-5-4-6-12(9-11)21-8-3-2-7-16/h4-6,9,13,17H,2-3,8,10H2,1H3. The number of hydrogen-bond acceptors (Lipinski definition) is 5. The number of nitrogens with one attached hydrogen (secondary N) is 1. The minimum atomic E-state index is -0.517. The molecule has 1 aliphatic rings. The summed E-state index contributed by atoms with van der Waals surface area (Å²) in [6.45, 7) is 0.473. The number of ether oxygens (including phenoxy) is 1. The van der Waals surface area contributed by atoms with Gasteiger partial charge in [0, 0.05) is 25.2 Å². The van der Waals surface area contributed by atoms with Crippen molar-refractivity contribution in [3.63, 3.8) is 0 Å². The van der Waals surface area contributed by atoms with Gasteiger partial charge in [-0.2, -0.15) is 5.26 Å². The summed E-state index contributed by atoms with van der Waals surface area (Å²) >= 11 is 0. The Labute approximate surface area is 123 Å². The Kier molecular flexibility index (Phi) is 4.77. The van der Waals surface area contributed by atoms with Crippen LogP contribution in [0.4, 0.5) is 5.69 Å². The second-order valence-electron chi connectivity index (χ2n) is 4.83. The fraction of sp³-hybridized carbons (Fsp3) is 0.400. The lowest BCUT2D eigenvalue weighted by Gasteiger charge is -2.13. The molecule has 0 aromatic heterocycles. The second kappa shape index (κ2) is 6.75. The Morgan fingerprint density at radius 2 is 2.29 bits per heavy atom. The summed E-state index contributed by atoms with van der Waals surface area (Å²) in [5.74, 6) is 0.268. The van der Waals surface area contributed by atoms with Gasteiger partial charge in [-0.3, -0.25) is 14.5 Å². The number of anilines is 1. The number of nitriles is 1. The molecule has 0 spiro atoms. The van der Waals surface area contributed by atoms with Gasteiger partial charge in [0.15, 0.2) is 0 Å². The van der Waals surface area contributed by atoms with E-state index in [2.05, 4.69) is 11.4 Å². The average molecular weight is 287 g/mol. The molecule has 6 nitrogen and oxygen atoms in total. The van der Waals surface area contributed by atoms with E-state index in [1.54, 1.807) is 6.07 Å². The number of carbonyl (C=O) groups excluding carboxylic acids is 2. The smallest absolute Gasteiger partial charge is 0.251 e. The minimum absolute atomic E-state index is 0.169. The maximum atomic E-state index is 11.8. The van der Waals surface area contributed by atoms with Crippen molar-refractivity contribution in [3.8, 4) is 11.8 Å². The van der Waals surface area contributed by atoms with Crippen LogP contribution in [0.5, 0.6) is 5.75 Å². The van der Waals surface area contributed by atoms with E-state index < -0.39 is 6.04 Å². The van der Waals surface area contributed by atoms with E-state index in [4.69, 9.17) is 10.00 Å². The molecule has 1 aliphatic heterocycles. The van der Waals surface area contributed by atoms with Crippen molar-refractivity contribution < 1.29 is 14.3 Å². The Morgan fingerprint density at radius 1 is 1.48 bits per heavy atom. The summed E-state index contributed by atoms with van der Waals surface area (Å²) in [5.41, 5.74) is 0.731. The van der Waals surface area contributed by atoms with E-state index in [1.807, 2.05) is 18.2 Å². The Bertz CT molecular complexity index is 580. The first kappa shape index (κ1) is 14.9. The van der Waals surface area contributed by atoms with Crippen LogP contribution < -0.4 is 10.1 Å². The van der Waals surface area contributed by atoms with Crippen molar-refractivity contribution in [3.05, 3.63) is 24.3 Å². The third-order valence-electron chi connectivity index (χ3n) is 3.26. The number of unbranched alkanes of at least 4 members (excludes halogenated alkanes) is 1.